The molecule has 238 valence electrons. The fourth-order valence-electron chi connectivity index (χ4n) is 8.49. The Hall–Kier alpha value is -6.23. The van der Waals surface area contributed by atoms with Crippen molar-refractivity contribution in [3.05, 3.63) is 192 Å². The number of rotatable bonds is 3. The highest BCUT2D eigenvalue weighted by atomic mass is 32.2. The van der Waals surface area contributed by atoms with Gasteiger partial charge in [-0.15, -0.1) is 0 Å². The first kappa shape index (κ1) is 28.6. The highest BCUT2D eigenvalue weighted by Crippen LogP contribution is 2.63. The monoisotopic (exact) mass is 668 g/mol. The first-order valence-corrected chi connectivity index (χ1v) is 18.1. The fourth-order valence-corrected chi connectivity index (χ4v) is 9.68. The van der Waals surface area contributed by atoms with Gasteiger partial charge >= 0.3 is 0 Å². The van der Waals surface area contributed by atoms with Gasteiger partial charge in [0.05, 0.1) is 16.8 Å². The third kappa shape index (κ3) is 4.02. The van der Waals surface area contributed by atoms with Crippen LogP contribution in [0.5, 0.6) is 0 Å². The molecule has 2 aliphatic rings. The lowest BCUT2D eigenvalue weighted by Crippen LogP contribution is -2.31. The second kappa shape index (κ2) is 10.9. The Balaban J connectivity index is 1.21. The van der Waals surface area contributed by atoms with E-state index < -0.39 is 5.41 Å². The number of benzene rings is 7. The number of para-hydroxylation sites is 1. The summed E-state index contributed by atoms with van der Waals surface area (Å²) < 4.78 is 6.92. The van der Waals surface area contributed by atoms with Crippen LogP contribution in [0.3, 0.4) is 0 Å². The first-order valence-electron chi connectivity index (χ1n) is 17.2. The molecule has 0 radical (unpaired) electrons. The molecule has 7 aromatic carbocycles. The summed E-state index contributed by atoms with van der Waals surface area (Å²) in [6, 6.07) is 60.4. The molecule has 3 nitrogen and oxygen atoms in total. The lowest BCUT2D eigenvalue weighted by molar-refractivity contribution is 0.669. The Morgan fingerprint density at radius 1 is 0.471 bits per heavy atom. The van der Waals surface area contributed by atoms with E-state index in [1.807, 2.05) is 48.2 Å². The summed E-state index contributed by atoms with van der Waals surface area (Å²) in [4.78, 5) is 12.8. The molecule has 0 bridgehead atoms. The maximum atomic E-state index is 6.92. The van der Waals surface area contributed by atoms with Gasteiger partial charge in [0.2, 0.25) is 0 Å². The summed E-state index contributed by atoms with van der Waals surface area (Å²) in [6.07, 6.45) is 0. The molecule has 9 aromatic rings. The molecule has 0 saturated heterocycles. The molecule has 3 heterocycles. The molecule has 0 atom stereocenters. The average Bonchev–Trinajstić information content (AvgIpc) is 3.73. The molecule has 0 saturated carbocycles. The van der Waals surface area contributed by atoms with Gasteiger partial charge in [0, 0.05) is 37.3 Å². The SMILES string of the molecule is c1ccc(-c2cc(-c3cccc4c3oc3ccc5c(c34)-c3ccccc3C53c4ccccc4Sc4ccccc43)nc(-c3ccccc3)n2)cc1. The predicted molar refractivity (Wildman–Crippen MR) is 207 cm³/mol. The summed E-state index contributed by atoms with van der Waals surface area (Å²) >= 11 is 1.87. The van der Waals surface area contributed by atoms with Crippen molar-refractivity contribution in [3.63, 3.8) is 0 Å². The number of fused-ring (bicyclic) bond motifs is 13. The van der Waals surface area contributed by atoms with Crippen LogP contribution in [0.4, 0.5) is 0 Å². The maximum absolute atomic E-state index is 6.92. The maximum Gasteiger partial charge on any atom is 0.160 e. The topological polar surface area (TPSA) is 38.9 Å². The second-order valence-electron chi connectivity index (χ2n) is 13.2. The Bertz CT molecular complexity index is 2740. The molecular formula is C47H28N2OS. The lowest BCUT2D eigenvalue weighted by atomic mass is 9.67. The van der Waals surface area contributed by atoms with E-state index in [4.69, 9.17) is 14.4 Å². The number of hydrogen-bond acceptors (Lipinski definition) is 4. The number of furan rings is 1. The average molecular weight is 669 g/mol. The van der Waals surface area contributed by atoms with Crippen LogP contribution in [0, 0.1) is 0 Å². The standard InChI is InChI=1S/C47H28N2OS/c1-3-14-29(15-4-1)38-28-39(49-46(48-38)30-16-5-2-6-17-30)32-19-13-20-33-44-40(50-45(32)33)27-26-37-43(44)31-18-7-8-21-34(31)47(37)35-22-9-11-24-41(35)51-42-25-12-10-23-36(42)47/h1-28H. The number of hydrogen-bond donors (Lipinski definition) is 0. The summed E-state index contributed by atoms with van der Waals surface area (Å²) in [5.74, 6) is 0.685. The van der Waals surface area contributed by atoms with Crippen LogP contribution in [-0.2, 0) is 5.41 Å². The van der Waals surface area contributed by atoms with Crippen molar-refractivity contribution in [2.45, 2.75) is 15.2 Å². The zero-order chi connectivity index (χ0) is 33.5. The van der Waals surface area contributed by atoms with Gasteiger partial charge in [0.25, 0.3) is 0 Å². The van der Waals surface area contributed by atoms with Gasteiger partial charge in [-0.05, 0) is 63.7 Å². The Morgan fingerprint density at radius 2 is 1.08 bits per heavy atom. The van der Waals surface area contributed by atoms with E-state index in [0.717, 1.165) is 50.0 Å². The molecule has 51 heavy (non-hydrogen) atoms. The minimum Gasteiger partial charge on any atom is -0.455 e. The van der Waals surface area contributed by atoms with E-state index in [0.29, 0.717) is 5.82 Å². The van der Waals surface area contributed by atoms with Crippen molar-refractivity contribution in [2.24, 2.45) is 0 Å². The third-order valence-corrected chi connectivity index (χ3v) is 11.7. The van der Waals surface area contributed by atoms with E-state index in [1.165, 1.54) is 43.2 Å². The van der Waals surface area contributed by atoms with Crippen molar-refractivity contribution in [2.75, 3.05) is 0 Å². The molecule has 0 fully saturated rings. The van der Waals surface area contributed by atoms with Gasteiger partial charge in [-0.1, -0.05) is 151 Å². The fraction of sp³-hybridized carbons (Fsp3) is 0.0213. The van der Waals surface area contributed by atoms with E-state index in [1.54, 1.807) is 0 Å². The van der Waals surface area contributed by atoms with Crippen LogP contribution in [0.2, 0.25) is 0 Å². The van der Waals surface area contributed by atoms with Crippen LogP contribution in [0.15, 0.2) is 184 Å². The van der Waals surface area contributed by atoms with E-state index in [2.05, 4.69) is 133 Å². The lowest BCUT2D eigenvalue weighted by Gasteiger charge is -2.39. The third-order valence-electron chi connectivity index (χ3n) is 10.6. The Kier molecular flexibility index (Phi) is 6.10. The Labute approximate surface area is 299 Å². The molecule has 4 heteroatoms. The molecule has 1 aliphatic carbocycles. The van der Waals surface area contributed by atoms with Crippen LogP contribution in [0.25, 0.3) is 67.0 Å². The van der Waals surface area contributed by atoms with E-state index >= 15 is 0 Å². The van der Waals surface area contributed by atoms with Gasteiger partial charge in [0.15, 0.2) is 5.82 Å². The summed E-state index contributed by atoms with van der Waals surface area (Å²) in [6.45, 7) is 0. The predicted octanol–water partition coefficient (Wildman–Crippen LogP) is 12.2. The van der Waals surface area contributed by atoms with E-state index in [9.17, 15) is 0 Å². The smallest absolute Gasteiger partial charge is 0.160 e. The summed E-state index contributed by atoms with van der Waals surface area (Å²) in [5, 5.41) is 2.22. The van der Waals surface area contributed by atoms with Gasteiger partial charge < -0.3 is 4.42 Å². The quantitative estimate of drug-likeness (QED) is 0.188. The van der Waals surface area contributed by atoms with Gasteiger partial charge in [0.1, 0.15) is 11.2 Å². The number of aromatic nitrogens is 2. The van der Waals surface area contributed by atoms with Crippen LogP contribution < -0.4 is 0 Å². The zero-order valence-corrected chi connectivity index (χ0v) is 28.2. The second-order valence-corrected chi connectivity index (χ2v) is 14.3. The van der Waals surface area contributed by atoms with Gasteiger partial charge in [-0.2, -0.15) is 0 Å². The molecule has 0 N–H and O–H groups in total. The van der Waals surface area contributed by atoms with Gasteiger partial charge in [-0.3, -0.25) is 0 Å². The van der Waals surface area contributed by atoms with Crippen molar-refractivity contribution in [1.29, 1.82) is 0 Å². The molecule has 1 spiro atoms. The summed E-state index contributed by atoms with van der Waals surface area (Å²) in [5.41, 5.74) is 13.7. The van der Waals surface area contributed by atoms with Crippen molar-refractivity contribution >= 4 is 33.7 Å². The minimum absolute atomic E-state index is 0.443. The van der Waals surface area contributed by atoms with Crippen LogP contribution >= 0.6 is 11.8 Å². The summed E-state index contributed by atoms with van der Waals surface area (Å²) in [7, 11) is 0. The molecule has 2 aromatic heterocycles. The van der Waals surface area contributed by atoms with Crippen LogP contribution in [-0.4, -0.2) is 9.97 Å². The van der Waals surface area contributed by atoms with E-state index in [-0.39, 0.29) is 0 Å². The molecular weight excluding hydrogens is 641 g/mol. The van der Waals surface area contributed by atoms with Crippen molar-refractivity contribution in [1.82, 2.24) is 9.97 Å². The Morgan fingerprint density at radius 3 is 1.82 bits per heavy atom. The van der Waals surface area contributed by atoms with Crippen molar-refractivity contribution < 1.29 is 4.42 Å². The van der Waals surface area contributed by atoms with Crippen molar-refractivity contribution in [3.8, 4) is 45.0 Å². The first-order chi connectivity index (χ1) is 25.3. The molecule has 0 amide bonds. The highest BCUT2D eigenvalue weighted by molar-refractivity contribution is 7.99. The number of nitrogens with zero attached hydrogens (tertiary/aromatic N) is 2. The normalized spacial score (nSPS) is 13.6. The molecule has 0 unspecified atom stereocenters. The minimum atomic E-state index is -0.443. The zero-order valence-electron chi connectivity index (χ0n) is 27.4. The largest absolute Gasteiger partial charge is 0.455 e. The van der Waals surface area contributed by atoms with Crippen LogP contribution in [0.1, 0.15) is 22.3 Å². The molecule has 11 rings (SSSR count). The highest BCUT2D eigenvalue weighted by Gasteiger charge is 2.50. The molecule has 1 aliphatic heterocycles. The van der Waals surface area contributed by atoms with Gasteiger partial charge in [-0.25, -0.2) is 9.97 Å².